The largest absolute Gasteiger partial charge is 0.497 e. The van der Waals surface area contributed by atoms with Gasteiger partial charge >= 0.3 is 0 Å². The van der Waals surface area contributed by atoms with Gasteiger partial charge in [-0.15, -0.1) is 11.6 Å². The number of rotatable bonds is 4. The Bertz CT molecular complexity index is 440. The topological polar surface area (TPSA) is 63.6 Å². The van der Waals surface area contributed by atoms with Gasteiger partial charge in [-0.1, -0.05) is 12.1 Å². The fourth-order valence-electron chi connectivity index (χ4n) is 1.19. The fourth-order valence-corrected chi connectivity index (χ4v) is 1.96. The molecule has 0 fully saturated rings. The lowest BCUT2D eigenvalue weighted by Crippen LogP contribution is -2.21. The van der Waals surface area contributed by atoms with Crippen LogP contribution in [0.5, 0.6) is 5.75 Å². The van der Waals surface area contributed by atoms with Crippen LogP contribution in [0.1, 0.15) is 11.7 Å². The average Bonchev–Trinajstić information content (AvgIpc) is 2.26. The predicted molar refractivity (Wildman–Crippen MR) is 62.4 cm³/mol. The van der Waals surface area contributed by atoms with Crippen LogP contribution in [0.3, 0.4) is 0 Å². The lowest BCUT2D eigenvalue weighted by atomic mass is 10.1. The number of halogens is 1. The fraction of sp³-hybridized carbons (Fsp3) is 0.400. The number of sulfone groups is 1. The highest BCUT2D eigenvalue weighted by molar-refractivity contribution is 7.92. The Morgan fingerprint density at radius 3 is 2.19 bits per heavy atom. The quantitative estimate of drug-likeness (QED) is 0.834. The molecular formula is C10H13ClO4S. The summed E-state index contributed by atoms with van der Waals surface area (Å²) in [4.78, 5) is 0. The van der Waals surface area contributed by atoms with E-state index >= 15 is 0 Å². The Morgan fingerprint density at radius 1 is 1.31 bits per heavy atom. The van der Waals surface area contributed by atoms with Crippen LogP contribution >= 0.6 is 11.6 Å². The van der Waals surface area contributed by atoms with E-state index in [1.165, 1.54) is 7.11 Å². The molecule has 0 radical (unpaired) electrons. The van der Waals surface area contributed by atoms with Crippen molar-refractivity contribution in [1.82, 2.24) is 0 Å². The molecule has 0 amide bonds. The van der Waals surface area contributed by atoms with Crippen molar-refractivity contribution >= 4 is 21.4 Å². The molecule has 16 heavy (non-hydrogen) atoms. The third-order valence-corrected chi connectivity index (χ3v) is 4.40. The molecule has 0 unspecified atom stereocenters. The molecule has 2 atom stereocenters. The molecule has 0 aliphatic rings. The molecular weight excluding hydrogens is 252 g/mol. The minimum Gasteiger partial charge on any atom is -0.497 e. The number of aliphatic hydroxyl groups is 1. The molecule has 6 heteroatoms. The lowest BCUT2D eigenvalue weighted by molar-refractivity contribution is 0.192. The minimum absolute atomic E-state index is 0.436. The number of hydrogen-bond donors (Lipinski definition) is 1. The van der Waals surface area contributed by atoms with Gasteiger partial charge in [0.05, 0.1) is 7.11 Å². The molecule has 1 aromatic rings. The van der Waals surface area contributed by atoms with Crippen molar-refractivity contribution in [1.29, 1.82) is 0 Å². The van der Waals surface area contributed by atoms with E-state index in [4.69, 9.17) is 16.3 Å². The molecule has 0 bridgehead atoms. The van der Waals surface area contributed by atoms with Gasteiger partial charge < -0.3 is 9.84 Å². The highest BCUT2D eigenvalue weighted by Crippen LogP contribution is 2.26. The van der Waals surface area contributed by atoms with Gasteiger partial charge in [0.25, 0.3) is 0 Å². The van der Waals surface area contributed by atoms with Crippen LogP contribution in [0.2, 0.25) is 0 Å². The van der Waals surface area contributed by atoms with E-state index in [0.717, 1.165) is 6.26 Å². The Balaban J connectivity index is 2.92. The first-order chi connectivity index (χ1) is 7.36. The summed E-state index contributed by atoms with van der Waals surface area (Å²) < 4.78 is 25.9. The van der Waals surface area contributed by atoms with Crippen molar-refractivity contribution in [2.24, 2.45) is 0 Å². The predicted octanol–water partition coefficient (Wildman–Crippen LogP) is 1.34. The van der Waals surface area contributed by atoms with Crippen molar-refractivity contribution in [3.63, 3.8) is 0 Å². The van der Waals surface area contributed by atoms with Gasteiger partial charge in [0, 0.05) is 6.26 Å². The minimum atomic E-state index is -3.48. The van der Waals surface area contributed by atoms with Crippen LogP contribution in [0.25, 0.3) is 0 Å². The number of methoxy groups -OCH3 is 1. The first-order valence-electron chi connectivity index (χ1n) is 4.51. The second kappa shape index (κ2) is 5.03. The SMILES string of the molecule is COc1ccc([C@H](O)[C@@H](Cl)S(C)(=O)=O)cc1. The molecule has 0 heterocycles. The number of benzene rings is 1. The maximum Gasteiger partial charge on any atom is 0.167 e. The lowest BCUT2D eigenvalue weighted by Gasteiger charge is -2.15. The Kier molecular flexibility index (Phi) is 4.18. The summed E-state index contributed by atoms with van der Waals surface area (Å²) in [6, 6.07) is 6.41. The van der Waals surface area contributed by atoms with E-state index in [-0.39, 0.29) is 0 Å². The number of alkyl halides is 1. The molecule has 90 valence electrons. The monoisotopic (exact) mass is 264 g/mol. The molecule has 1 N–H and O–H groups in total. The molecule has 1 aromatic carbocycles. The van der Waals surface area contributed by atoms with E-state index in [0.29, 0.717) is 11.3 Å². The van der Waals surface area contributed by atoms with Crippen LogP contribution in [0.15, 0.2) is 24.3 Å². The summed E-state index contributed by atoms with van der Waals surface area (Å²) in [5, 5.41) is 9.74. The van der Waals surface area contributed by atoms with Gasteiger partial charge in [-0.05, 0) is 17.7 Å². The highest BCUT2D eigenvalue weighted by atomic mass is 35.5. The van der Waals surface area contributed by atoms with E-state index in [2.05, 4.69) is 0 Å². The van der Waals surface area contributed by atoms with Crippen LogP contribution < -0.4 is 4.74 Å². The Morgan fingerprint density at radius 2 is 1.81 bits per heavy atom. The number of aliphatic hydroxyl groups excluding tert-OH is 1. The number of hydrogen-bond acceptors (Lipinski definition) is 4. The first-order valence-corrected chi connectivity index (χ1v) is 6.90. The highest BCUT2D eigenvalue weighted by Gasteiger charge is 2.27. The van der Waals surface area contributed by atoms with Gasteiger partial charge in [0.2, 0.25) is 0 Å². The van der Waals surface area contributed by atoms with Crippen LogP contribution in [0, 0.1) is 0 Å². The third kappa shape index (κ3) is 3.10. The summed E-state index contributed by atoms with van der Waals surface area (Å²) in [7, 11) is -1.96. The Labute approximate surface area is 99.7 Å². The molecule has 0 aliphatic carbocycles. The zero-order valence-electron chi connectivity index (χ0n) is 8.92. The van der Waals surface area contributed by atoms with E-state index in [1.807, 2.05) is 0 Å². The molecule has 0 saturated heterocycles. The smallest absolute Gasteiger partial charge is 0.167 e. The molecule has 1 rings (SSSR count). The first kappa shape index (κ1) is 13.3. The van der Waals surface area contributed by atoms with Crippen LogP contribution in [-0.2, 0) is 9.84 Å². The summed E-state index contributed by atoms with van der Waals surface area (Å²) >= 11 is 5.65. The molecule has 0 spiro atoms. The summed E-state index contributed by atoms with van der Waals surface area (Å²) in [6.45, 7) is 0. The molecule has 4 nitrogen and oxygen atoms in total. The van der Waals surface area contributed by atoms with Gasteiger partial charge in [0.15, 0.2) is 14.5 Å². The van der Waals surface area contributed by atoms with Gasteiger partial charge in [-0.2, -0.15) is 0 Å². The van der Waals surface area contributed by atoms with Gasteiger partial charge in [0.1, 0.15) is 11.9 Å². The van der Waals surface area contributed by atoms with E-state index in [9.17, 15) is 13.5 Å². The van der Waals surface area contributed by atoms with Crippen molar-refractivity contribution < 1.29 is 18.3 Å². The van der Waals surface area contributed by atoms with Gasteiger partial charge in [-0.25, -0.2) is 8.42 Å². The number of ether oxygens (including phenoxy) is 1. The second-order valence-electron chi connectivity index (χ2n) is 3.40. The summed E-state index contributed by atoms with van der Waals surface area (Å²) in [5.74, 6) is 0.626. The van der Waals surface area contributed by atoms with Crippen molar-refractivity contribution in [2.75, 3.05) is 13.4 Å². The van der Waals surface area contributed by atoms with Crippen molar-refractivity contribution in [3.05, 3.63) is 29.8 Å². The average molecular weight is 265 g/mol. The zero-order valence-corrected chi connectivity index (χ0v) is 10.5. The maximum absolute atomic E-state index is 11.2. The van der Waals surface area contributed by atoms with E-state index in [1.54, 1.807) is 24.3 Å². The Hall–Kier alpha value is -0.780. The molecule has 0 saturated carbocycles. The van der Waals surface area contributed by atoms with E-state index < -0.39 is 20.7 Å². The molecule has 0 aromatic heterocycles. The van der Waals surface area contributed by atoms with Crippen LogP contribution in [0.4, 0.5) is 0 Å². The van der Waals surface area contributed by atoms with Crippen molar-refractivity contribution in [2.45, 2.75) is 10.8 Å². The standard InChI is InChI=1S/C10H13ClO4S/c1-15-8-5-3-7(4-6-8)9(12)10(11)16(2,13)14/h3-6,9-10,12H,1-2H3/t9-,10-/m0/s1. The third-order valence-electron chi connectivity index (χ3n) is 2.11. The normalized spacial score (nSPS) is 15.5. The molecule has 0 aliphatic heterocycles. The maximum atomic E-state index is 11.2. The second-order valence-corrected chi connectivity index (χ2v) is 6.29. The van der Waals surface area contributed by atoms with Crippen LogP contribution in [-0.4, -0.2) is 31.6 Å². The van der Waals surface area contributed by atoms with Crippen molar-refractivity contribution in [3.8, 4) is 5.75 Å². The van der Waals surface area contributed by atoms with Gasteiger partial charge in [-0.3, -0.25) is 0 Å². The summed E-state index contributed by atoms with van der Waals surface area (Å²) in [6.07, 6.45) is -0.264. The zero-order chi connectivity index (χ0) is 12.3. The summed E-state index contributed by atoms with van der Waals surface area (Å²) in [5.41, 5.74) is 0.436.